The molecule has 3 N–H and O–H groups in total. The number of H-pyrrole nitrogens is 1. The molecule has 2 aromatic rings. The van der Waals surface area contributed by atoms with Crippen molar-refractivity contribution in [1.29, 1.82) is 0 Å². The lowest BCUT2D eigenvalue weighted by atomic mass is 9.93. The van der Waals surface area contributed by atoms with E-state index < -0.39 is 11.5 Å². The molecule has 7 nitrogen and oxygen atoms in total. The molecular formula is C16H19N3O4. The fourth-order valence-corrected chi connectivity index (χ4v) is 3.43. The van der Waals surface area contributed by atoms with E-state index in [2.05, 4.69) is 10.3 Å². The van der Waals surface area contributed by atoms with E-state index in [-0.39, 0.29) is 24.6 Å². The van der Waals surface area contributed by atoms with Crippen molar-refractivity contribution in [3.63, 3.8) is 0 Å². The molecule has 1 aromatic heterocycles. The molecule has 7 heteroatoms. The Morgan fingerprint density at radius 1 is 1.26 bits per heavy atom. The van der Waals surface area contributed by atoms with E-state index in [1.165, 1.54) is 4.57 Å². The minimum absolute atomic E-state index is 0.0818. The first-order valence-corrected chi connectivity index (χ1v) is 7.69. The number of rotatable bonds is 5. The number of nitrogens with one attached hydrogen (secondary N) is 2. The third-order valence-corrected chi connectivity index (χ3v) is 4.44. The number of aliphatic carboxylic acids is 1. The summed E-state index contributed by atoms with van der Waals surface area (Å²) in [4.78, 5) is 38.2. The number of benzene rings is 1. The number of carbonyl (C=O) groups is 2. The SMILES string of the molecule is O=C(O)CC1(NC(=O)Cn2c(=O)[nH]c3ccccc32)CCCC1. The molecule has 1 amide bonds. The van der Waals surface area contributed by atoms with E-state index in [1.54, 1.807) is 18.2 Å². The number of imidazole rings is 1. The van der Waals surface area contributed by atoms with Crippen LogP contribution in [0.4, 0.5) is 0 Å². The second kappa shape index (κ2) is 5.91. The van der Waals surface area contributed by atoms with Crippen LogP contribution in [0, 0.1) is 0 Å². The van der Waals surface area contributed by atoms with Gasteiger partial charge >= 0.3 is 11.7 Å². The van der Waals surface area contributed by atoms with Gasteiger partial charge in [-0.05, 0) is 25.0 Å². The van der Waals surface area contributed by atoms with Gasteiger partial charge in [-0.3, -0.25) is 14.2 Å². The lowest BCUT2D eigenvalue weighted by Crippen LogP contribution is -2.49. The summed E-state index contributed by atoms with van der Waals surface area (Å²) >= 11 is 0. The highest BCUT2D eigenvalue weighted by Gasteiger charge is 2.37. The number of aromatic nitrogens is 2. The van der Waals surface area contributed by atoms with Gasteiger partial charge in [-0.1, -0.05) is 25.0 Å². The first-order valence-electron chi connectivity index (χ1n) is 7.69. The zero-order valence-corrected chi connectivity index (χ0v) is 12.7. The van der Waals surface area contributed by atoms with Gasteiger partial charge in [-0.15, -0.1) is 0 Å². The molecule has 0 saturated heterocycles. The molecule has 0 spiro atoms. The molecule has 3 rings (SSSR count). The number of hydrogen-bond donors (Lipinski definition) is 3. The smallest absolute Gasteiger partial charge is 0.326 e. The largest absolute Gasteiger partial charge is 0.481 e. The van der Waals surface area contributed by atoms with Crippen LogP contribution in [0.15, 0.2) is 29.1 Å². The number of aromatic amines is 1. The van der Waals surface area contributed by atoms with Gasteiger partial charge in [0.05, 0.1) is 23.0 Å². The Morgan fingerprint density at radius 2 is 1.96 bits per heavy atom. The molecule has 1 aromatic carbocycles. The number of para-hydroxylation sites is 2. The Bertz CT molecular complexity index is 799. The third-order valence-electron chi connectivity index (χ3n) is 4.44. The summed E-state index contributed by atoms with van der Waals surface area (Å²) in [7, 11) is 0. The maximum atomic E-state index is 12.4. The minimum atomic E-state index is -0.920. The first kappa shape index (κ1) is 15.3. The molecule has 0 atom stereocenters. The summed E-state index contributed by atoms with van der Waals surface area (Å²) in [5, 5.41) is 11.9. The second-order valence-corrected chi connectivity index (χ2v) is 6.14. The monoisotopic (exact) mass is 317 g/mol. The Balaban J connectivity index is 1.79. The molecule has 1 saturated carbocycles. The van der Waals surface area contributed by atoms with Crippen molar-refractivity contribution in [1.82, 2.24) is 14.9 Å². The van der Waals surface area contributed by atoms with Crippen molar-refractivity contribution < 1.29 is 14.7 Å². The lowest BCUT2D eigenvalue weighted by Gasteiger charge is -2.28. The summed E-state index contributed by atoms with van der Waals surface area (Å²) in [6.07, 6.45) is 3.05. The van der Waals surface area contributed by atoms with Gasteiger partial charge in [-0.2, -0.15) is 0 Å². The number of amides is 1. The van der Waals surface area contributed by atoms with Crippen LogP contribution in [-0.2, 0) is 16.1 Å². The number of hydrogen-bond acceptors (Lipinski definition) is 3. The van der Waals surface area contributed by atoms with Crippen molar-refractivity contribution in [2.75, 3.05) is 0 Å². The van der Waals surface area contributed by atoms with E-state index in [0.29, 0.717) is 23.9 Å². The zero-order valence-electron chi connectivity index (χ0n) is 12.7. The summed E-state index contributed by atoms with van der Waals surface area (Å²) in [6.45, 7) is -0.121. The van der Waals surface area contributed by atoms with Crippen molar-refractivity contribution in [2.24, 2.45) is 0 Å². The molecule has 0 bridgehead atoms. The molecule has 1 aliphatic carbocycles. The number of nitrogens with zero attached hydrogens (tertiary/aromatic N) is 1. The van der Waals surface area contributed by atoms with Crippen LogP contribution in [-0.4, -0.2) is 32.1 Å². The van der Waals surface area contributed by atoms with E-state index in [9.17, 15) is 14.4 Å². The van der Waals surface area contributed by atoms with Crippen molar-refractivity contribution in [3.05, 3.63) is 34.7 Å². The molecule has 122 valence electrons. The third kappa shape index (κ3) is 3.13. The number of fused-ring (bicyclic) bond motifs is 1. The van der Waals surface area contributed by atoms with Crippen molar-refractivity contribution in [3.8, 4) is 0 Å². The highest BCUT2D eigenvalue weighted by atomic mass is 16.4. The van der Waals surface area contributed by atoms with Gasteiger partial charge in [0.15, 0.2) is 0 Å². The average Bonchev–Trinajstić information content (AvgIpc) is 3.04. The maximum absolute atomic E-state index is 12.4. The van der Waals surface area contributed by atoms with Crippen LogP contribution in [0.5, 0.6) is 0 Å². The Morgan fingerprint density at radius 3 is 2.65 bits per heavy atom. The molecule has 0 radical (unpaired) electrons. The van der Waals surface area contributed by atoms with Crippen molar-refractivity contribution in [2.45, 2.75) is 44.2 Å². The molecule has 1 heterocycles. The van der Waals surface area contributed by atoms with E-state index >= 15 is 0 Å². The number of carboxylic acid groups (broad SMARTS) is 1. The highest BCUT2D eigenvalue weighted by molar-refractivity contribution is 5.81. The van der Waals surface area contributed by atoms with Crippen LogP contribution >= 0.6 is 0 Å². The molecule has 0 unspecified atom stereocenters. The summed E-state index contributed by atoms with van der Waals surface area (Å²) < 4.78 is 1.37. The van der Waals surface area contributed by atoms with E-state index in [1.807, 2.05) is 6.07 Å². The Hall–Kier alpha value is -2.57. The van der Waals surface area contributed by atoms with Crippen LogP contribution in [0.2, 0.25) is 0 Å². The second-order valence-electron chi connectivity index (χ2n) is 6.14. The van der Waals surface area contributed by atoms with Crippen LogP contribution in [0.3, 0.4) is 0 Å². The van der Waals surface area contributed by atoms with Gasteiger partial charge in [0.2, 0.25) is 5.91 Å². The maximum Gasteiger partial charge on any atom is 0.326 e. The quantitative estimate of drug-likeness (QED) is 0.771. The summed E-state index contributed by atoms with van der Waals surface area (Å²) in [5.41, 5.74) is 0.302. The van der Waals surface area contributed by atoms with Gasteiger partial charge in [0.25, 0.3) is 0 Å². The summed E-state index contributed by atoms with van der Waals surface area (Å²) in [6, 6.07) is 7.15. The normalized spacial score (nSPS) is 16.5. The molecular weight excluding hydrogens is 298 g/mol. The minimum Gasteiger partial charge on any atom is -0.481 e. The lowest BCUT2D eigenvalue weighted by molar-refractivity contribution is -0.139. The fourth-order valence-electron chi connectivity index (χ4n) is 3.43. The molecule has 1 fully saturated rings. The van der Waals surface area contributed by atoms with Gasteiger partial charge in [0.1, 0.15) is 6.54 Å². The predicted molar refractivity (Wildman–Crippen MR) is 84.2 cm³/mol. The highest BCUT2D eigenvalue weighted by Crippen LogP contribution is 2.32. The van der Waals surface area contributed by atoms with Gasteiger partial charge in [0, 0.05) is 0 Å². The summed E-state index contributed by atoms with van der Waals surface area (Å²) in [5.74, 6) is -1.25. The standard InChI is InChI=1S/C16H19N3O4/c20-13(18-16(9-14(21)22)7-3-4-8-16)10-19-12-6-2-1-5-11(12)17-15(19)23/h1-2,5-6H,3-4,7-10H2,(H,17,23)(H,18,20)(H,21,22). The van der Waals surface area contributed by atoms with Gasteiger partial charge < -0.3 is 15.4 Å². The first-order chi connectivity index (χ1) is 11.0. The molecule has 23 heavy (non-hydrogen) atoms. The van der Waals surface area contributed by atoms with E-state index in [4.69, 9.17) is 5.11 Å². The van der Waals surface area contributed by atoms with Crippen LogP contribution in [0.25, 0.3) is 11.0 Å². The van der Waals surface area contributed by atoms with E-state index in [0.717, 1.165) is 12.8 Å². The topological polar surface area (TPSA) is 104 Å². The number of carboxylic acids is 1. The number of carbonyl (C=O) groups excluding carboxylic acids is 1. The Labute approximate surface area is 132 Å². The average molecular weight is 317 g/mol. The molecule has 1 aliphatic rings. The zero-order chi connectivity index (χ0) is 16.4. The van der Waals surface area contributed by atoms with Crippen LogP contribution < -0.4 is 11.0 Å². The fraction of sp³-hybridized carbons (Fsp3) is 0.438. The Kier molecular flexibility index (Phi) is 3.94. The van der Waals surface area contributed by atoms with Gasteiger partial charge in [-0.25, -0.2) is 4.79 Å². The molecule has 0 aliphatic heterocycles. The van der Waals surface area contributed by atoms with Crippen molar-refractivity contribution >= 4 is 22.9 Å². The predicted octanol–water partition coefficient (Wildman–Crippen LogP) is 1.23. The van der Waals surface area contributed by atoms with Crippen LogP contribution in [0.1, 0.15) is 32.1 Å².